The first-order chi connectivity index (χ1) is 12.7. The fourth-order valence-electron chi connectivity index (χ4n) is 5.10. The second-order valence-corrected chi connectivity index (χ2v) is 10.6. The molecule has 0 radical (unpaired) electrons. The molecule has 0 atom stereocenters. The number of benzene rings is 3. The summed E-state index contributed by atoms with van der Waals surface area (Å²) in [6.07, 6.45) is 5.32. The van der Waals surface area contributed by atoms with E-state index in [4.69, 9.17) is 0 Å². The maximum atomic E-state index is 2.56. The first-order valence-electron chi connectivity index (χ1n) is 10.6. The highest BCUT2D eigenvalue weighted by molar-refractivity contribution is 6.01. The molecule has 1 fully saturated rings. The van der Waals surface area contributed by atoms with Crippen molar-refractivity contribution < 1.29 is 0 Å². The molecule has 27 heavy (non-hydrogen) atoms. The first kappa shape index (κ1) is 18.5. The van der Waals surface area contributed by atoms with Gasteiger partial charge in [0.25, 0.3) is 0 Å². The molecule has 4 rings (SSSR count). The van der Waals surface area contributed by atoms with Gasteiger partial charge in [0, 0.05) is 0 Å². The number of aryl methyl sites for hydroxylation is 1. The van der Waals surface area contributed by atoms with Crippen molar-refractivity contribution in [3.63, 3.8) is 0 Å². The Morgan fingerprint density at radius 2 is 1.41 bits per heavy atom. The van der Waals surface area contributed by atoms with Crippen molar-refractivity contribution in [2.24, 2.45) is 5.41 Å². The van der Waals surface area contributed by atoms with Gasteiger partial charge in [0.2, 0.25) is 0 Å². The largest absolute Gasteiger partial charge is 0.0616 e. The van der Waals surface area contributed by atoms with E-state index in [-0.39, 0.29) is 5.41 Å². The molecule has 3 aromatic carbocycles. The van der Waals surface area contributed by atoms with Gasteiger partial charge in [0.1, 0.15) is 0 Å². The van der Waals surface area contributed by atoms with E-state index in [0.717, 1.165) is 0 Å². The molecule has 0 aromatic heterocycles. The Morgan fingerprint density at radius 1 is 0.852 bits per heavy atom. The fraction of sp³-hybridized carbons (Fsp3) is 0.481. The van der Waals surface area contributed by atoms with Gasteiger partial charge < -0.3 is 0 Å². The Balaban J connectivity index is 1.98. The molecule has 142 valence electrons. The van der Waals surface area contributed by atoms with E-state index < -0.39 is 0 Å². The summed E-state index contributed by atoms with van der Waals surface area (Å²) < 4.78 is 0. The minimum absolute atomic E-state index is 0.173. The van der Waals surface area contributed by atoms with Crippen LogP contribution in [0.3, 0.4) is 0 Å². The summed E-state index contributed by atoms with van der Waals surface area (Å²) in [6.45, 7) is 14.3. The van der Waals surface area contributed by atoms with E-state index in [1.807, 2.05) is 0 Å². The standard InChI is InChI=1S/C27H34/c1-18-22-15-20-9-7-8-10-21(20)16-24(22)23(17-25(18)26(2,3)4)19-11-13-27(5,6)14-12-19/h7-10,15-17,19H,11-14H2,1-6H3. The molecule has 0 aliphatic heterocycles. The maximum Gasteiger partial charge on any atom is -0.0129 e. The van der Waals surface area contributed by atoms with Crippen LogP contribution < -0.4 is 0 Å². The molecule has 0 spiro atoms. The quantitative estimate of drug-likeness (QED) is 0.384. The predicted octanol–water partition coefficient (Wildman–Crippen LogP) is 8.28. The van der Waals surface area contributed by atoms with Crippen LogP contribution in [0.1, 0.15) is 82.9 Å². The summed E-state index contributed by atoms with van der Waals surface area (Å²) in [5, 5.41) is 5.67. The van der Waals surface area contributed by atoms with Crippen molar-refractivity contribution in [3.05, 3.63) is 59.2 Å². The zero-order valence-corrected chi connectivity index (χ0v) is 17.9. The van der Waals surface area contributed by atoms with Crippen molar-refractivity contribution in [1.29, 1.82) is 0 Å². The monoisotopic (exact) mass is 358 g/mol. The highest BCUT2D eigenvalue weighted by Gasteiger charge is 2.30. The first-order valence-corrected chi connectivity index (χ1v) is 10.6. The molecule has 0 amide bonds. The number of hydrogen-bond acceptors (Lipinski definition) is 0. The van der Waals surface area contributed by atoms with Gasteiger partial charge in [-0.05, 0) is 99.7 Å². The lowest BCUT2D eigenvalue weighted by molar-refractivity contribution is 0.225. The molecule has 0 heterocycles. The molecule has 0 nitrogen and oxygen atoms in total. The molecule has 3 aromatic rings. The molecular formula is C27H34. The van der Waals surface area contributed by atoms with Gasteiger partial charge in [-0.25, -0.2) is 0 Å². The van der Waals surface area contributed by atoms with E-state index in [2.05, 4.69) is 84.0 Å². The third-order valence-corrected chi connectivity index (χ3v) is 6.89. The van der Waals surface area contributed by atoms with E-state index in [9.17, 15) is 0 Å². The molecule has 0 N–H and O–H groups in total. The van der Waals surface area contributed by atoms with Gasteiger partial charge in [-0.1, -0.05) is 65.0 Å². The highest BCUT2D eigenvalue weighted by atomic mass is 14.3. The highest BCUT2D eigenvalue weighted by Crippen LogP contribution is 2.46. The second-order valence-electron chi connectivity index (χ2n) is 10.6. The molecule has 1 aliphatic rings. The SMILES string of the molecule is Cc1c(C(C)(C)C)cc(C2CCC(C)(C)CC2)c2cc3ccccc3cc12. The normalized spacial score (nSPS) is 18.3. The Hall–Kier alpha value is -1.82. The average molecular weight is 359 g/mol. The fourth-order valence-corrected chi connectivity index (χ4v) is 5.10. The van der Waals surface area contributed by atoms with Crippen LogP contribution in [0.15, 0.2) is 42.5 Å². The summed E-state index contributed by atoms with van der Waals surface area (Å²) in [7, 11) is 0. The van der Waals surface area contributed by atoms with E-state index in [1.165, 1.54) is 58.4 Å². The molecule has 0 unspecified atom stereocenters. The van der Waals surface area contributed by atoms with Crippen LogP contribution in [0.4, 0.5) is 0 Å². The predicted molar refractivity (Wildman–Crippen MR) is 120 cm³/mol. The Morgan fingerprint density at radius 3 is 1.96 bits per heavy atom. The third-order valence-electron chi connectivity index (χ3n) is 6.89. The molecule has 0 bridgehead atoms. The summed E-state index contributed by atoms with van der Waals surface area (Å²) >= 11 is 0. The lowest BCUT2D eigenvalue weighted by Crippen LogP contribution is -2.21. The van der Waals surface area contributed by atoms with Crippen molar-refractivity contribution in [2.45, 2.75) is 78.6 Å². The van der Waals surface area contributed by atoms with Gasteiger partial charge in [-0.15, -0.1) is 0 Å². The molecule has 1 saturated carbocycles. The van der Waals surface area contributed by atoms with Crippen LogP contribution in [0, 0.1) is 12.3 Å². The van der Waals surface area contributed by atoms with Crippen LogP contribution in [0.25, 0.3) is 21.5 Å². The van der Waals surface area contributed by atoms with Crippen LogP contribution in [0.5, 0.6) is 0 Å². The lowest BCUT2D eigenvalue weighted by Gasteiger charge is -2.36. The van der Waals surface area contributed by atoms with Gasteiger partial charge in [0.05, 0.1) is 0 Å². The van der Waals surface area contributed by atoms with Gasteiger partial charge in [-0.3, -0.25) is 0 Å². The molecule has 0 saturated heterocycles. The van der Waals surface area contributed by atoms with Crippen molar-refractivity contribution >= 4 is 21.5 Å². The number of hydrogen-bond donors (Lipinski definition) is 0. The Kier molecular flexibility index (Phi) is 4.37. The van der Waals surface area contributed by atoms with E-state index in [1.54, 1.807) is 5.56 Å². The number of rotatable bonds is 1. The van der Waals surface area contributed by atoms with Crippen LogP contribution in [-0.4, -0.2) is 0 Å². The lowest BCUT2D eigenvalue weighted by atomic mass is 9.69. The molecule has 0 heteroatoms. The summed E-state index contributed by atoms with van der Waals surface area (Å²) in [6, 6.07) is 16.3. The zero-order chi connectivity index (χ0) is 19.4. The summed E-state index contributed by atoms with van der Waals surface area (Å²) in [4.78, 5) is 0. The third kappa shape index (κ3) is 3.40. The van der Waals surface area contributed by atoms with Crippen LogP contribution in [0.2, 0.25) is 0 Å². The minimum Gasteiger partial charge on any atom is -0.0616 e. The van der Waals surface area contributed by atoms with E-state index in [0.29, 0.717) is 11.3 Å². The average Bonchev–Trinajstić information content (AvgIpc) is 2.60. The topological polar surface area (TPSA) is 0 Å². The van der Waals surface area contributed by atoms with Gasteiger partial charge in [0.15, 0.2) is 0 Å². The molecular weight excluding hydrogens is 324 g/mol. The summed E-state index contributed by atoms with van der Waals surface area (Å²) in [5.41, 5.74) is 5.26. The Bertz CT molecular complexity index is 988. The van der Waals surface area contributed by atoms with Crippen molar-refractivity contribution in [1.82, 2.24) is 0 Å². The molecule has 1 aliphatic carbocycles. The smallest absolute Gasteiger partial charge is 0.0129 e. The maximum absolute atomic E-state index is 2.56. The van der Waals surface area contributed by atoms with Gasteiger partial charge in [-0.2, -0.15) is 0 Å². The van der Waals surface area contributed by atoms with E-state index >= 15 is 0 Å². The van der Waals surface area contributed by atoms with Crippen LogP contribution in [-0.2, 0) is 5.41 Å². The van der Waals surface area contributed by atoms with Crippen molar-refractivity contribution in [2.75, 3.05) is 0 Å². The number of fused-ring (bicyclic) bond motifs is 2. The van der Waals surface area contributed by atoms with Crippen molar-refractivity contribution in [3.8, 4) is 0 Å². The summed E-state index contributed by atoms with van der Waals surface area (Å²) in [5.74, 6) is 0.698. The van der Waals surface area contributed by atoms with Gasteiger partial charge >= 0.3 is 0 Å². The van der Waals surface area contributed by atoms with Crippen LogP contribution >= 0.6 is 0 Å². The Labute approximate surface area is 165 Å². The second kappa shape index (κ2) is 6.36. The zero-order valence-electron chi connectivity index (χ0n) is 17.9. The minimum atomic E-state index is 0.173.